The van der Waals surface area contributed by atoms with Gasteiger partial charge in [-0.2, -0.15) is 0 Å². The van der Waals surface area contributed by atoms with E-state index >= 15 is 0 Å². The van der Waals surface area contributed by atoms with E-state index in [0.29, 0.717) is 13.2 Å². The van der Waals surface area contributed by atoms with E-state index in [1.807, 2.05) is 24.7 Å². The SMILES string of the molecule is CCOC(OCC)c1cn(CCN2CCN(C)CC2)nn1. The minimum absolute atomic E-state index is 0.405. The molecule has 120 valence electrons. The Kier molecular flexibility index (Phi) is 6.56. The van der Waals surface area contributed by atoms with Crippen LogP contribution in [0.4, 0.5) is 0 Å². The van der Waals surface area contributed by atoms with Crippen LogP contribution in [-0.2, 0) is 16.0 Å². The van der Waals surface area contributed by atoms with Gasteiger partial charge < -0.3 is 14.4 Å². The molecule has 0 aromatic carbocycles. The van der Waals surface area contributed by atoms with Crippen LogP contribution in [0.1, 0.15) is 25.8 Å². The van der Waals surface area contributed by atoms with Crippen molar-refractivity contribution in [2.45, 2.75) is 26.7 Å². The summed E-state index contributed by atoms with van der Waals surface area (Å²) in [4.78, 5) is 4.82. The molecule has 0 amide bonds. The van der Waals surface area contributed by atoms with E-state index in [0.717, 1.165) is 45.0 Å². The molecule has 0 N–H and O–H groups in total. The Morgan fingerprint density at radius 1 is 1.10 bits per heavy atom. The fraction of sp³-hybridized carbons (Fsp3) is 0.857. The Hall–Kier alpha value is -1.02. The third-order valence-electron chi connectivity index (χ3n) is 3.68. The van der Waals surface area contributed by atoms with E-state index < -0.39 is 6.29 Å². The predicted molar refractivity (Wildman–Crippen MR) is 80.0 cm³/mol. The summed E-state index contributed by atoms with van der Waals surface area (Å²) in [5, 5.41) is 8.34. The van der Waals surface area contributed by atoms with Gasteiger partial charge in [-0.05, 0) is 20.9 Å². The van der Waals surface area contributed by atoms with Crippen LogP contribution in [0.15, 0.2) is 6.20 Å². The standard InChI is InChI=1S/C14H27N5O2/c1-4-20-14(21-5-2)13-12-19(16-15-13)11-10-18-8-6-17(3)7-9-18/h12,14H,4-11H2,1-3H3. The second-order valence-electron chi connectivity index (χ2n) is 5.29. The highest BCUT2D eigenvalue weighted by atomic mass is 16.7. The van der Waals surface area contributed by atoms with Gasteiger partial charge in [0.05, 0.1) is 12.7 Å². The Morgan fingerprint density at radius 3 is 2.38 bits per heavy atom. The van der Waals surface area contributed by atoms with Gasteiger partial charge in [0.1, 0.15) is 5.69 Å². The van der Waals surface area contributed by atoms with Crippen LogP contribution in [0.3, 0.4) is 0 Å². The van der Waals surface area contributed by atoms with E-state index in [2.05, 4.69) is 27.2 Å². The van der Waals surface area contributed by atoms with E-state index in [4.69, 9.17) is 9.47 Å². The van der Waals surface area contributed by atoms with Crippen molar-refractivity contribution in [3.05, 3.63) is 11.9 Å². The molecule has 7 heteroatoms. The first-order valence-corrected chi connectivity index (χ1v) is 7.77. The van der Waals surface area contributed by atoms with Crippen molar-refractivity contribution in [3.8, 4) is 0 Å². The van der Waals surface area contributed by atoms with Crippen molar-refractivity contribution in [3.63, 3.8) is 0 Å². The lowest BCUT2D eigenvalue weighted by Crippen LogP contribution is -2.45. The molecule has 2 heterocycles. The molecule has 1 aromatic heterocycles. The molecule has 1 aromatic rings. The molecule has 0 atom stereocenters. The molecule has 1 aliphatic rings. The quantitative estimate of drug-likeness (QED) is 0.655. The summed E-state index contributed by atoms with van der Waals surface area (Å²) in [5.74, 6) is 0. The zero-order valence-electron chi connectivity index (χ0n) is 13.4. The summed E-state index contributed by atoms with van der Waals surface area (Å²) in [5.41, 5.74) is 0.747. The van der Waals surface area contributed by atoms with Crippen LogP contribution in [0.25, 0.3) is 0 Å². The van der Waals surface area contributed by atoms with Gasteiger partial charge in [-0.3, -0.25) is 9.58 Å². The molecule has 0 saturated carbocycles. The second kappa shape index (κ2) is 8.43. The van der Waals surface area contributed by atoms with Gasteiger partial charge in [-0.15, -0.1) is 5.10 Å². The number of aromatic nitrogens is 3. The van der Waals surface area contributed by atoms with Crippen LogP contribution in [0.5, 0.6) is 0 Å². The lowest BCUT2D eigenvalue weighted by molar-refractivity contribution is -0.142. The maximum absolute atomic E-state index is 5.53. The van der Waals surface area contributed by atoms with Crippen molar-refractivity contribution >= 4 is 0 Å². The highest BCUT2D eigenvalue weighted by Crippen LogP contribution is 2.15. The Labute approximate surface area is 126 Å². The van der Waals surface area contributed by atoms with Gasteiger partial charge in [0.25, 0.3) is 0 Å². The van der Waals surface area contributed by atoms with Crippen LogP contribution in [-0.4, -0.2) is 77.8 Å². The lowest BCUT2D eigenvalue weighted by Gasteiger charge is -2.32. The predicted octanol–water partition coefficient (Wildman–Crippen LogP) is 0.597. The fourth-order valence-corrected chi connectivity index (χ4v) is 2.37. The van der Waals surface area contributed by atoms with Gasteiger partial charge in [-0.25, -0.2) is 0 Å². The average Bonchev–Trinajstić information content (AvgIpc) is 2.95. The van der Waals surface area contributed by atoms with Gasteiger partial charge in [-0.1, -0.05) is 5.21 Å². The van der Waals surface area contributed by atoms with Gasteiger partial charge in [0, 0.05) is 45.9 Å². The first-order valence-electron chi connectivity index (χ1n) is 7.77. The second-order valence-corrected chi connectivity index (χ2v) is 5.29. The van der Waals surface area contributed by atoms with Crippen molar-refractivity contribution in [2.75, 3.05) is 53.0 Å². The highest BCUT2D eigenvalue weighted by molar-refractivity contribution is 4.94. The maximum atomic E-state index is 5.53. The summed E-state index contributed by atoms with van der Waals surface area (Å²) >= 11 is 0. The minimum Gasteiger partial charge on any atom is -0.347 e. The molecular weight excluding hydrogens is 270 g/mol. The van der Waals surface area contributed by atoms with E-state index in [1.54, 1.807) is 0 Å². The average molecular weight is 297 g/mol. The molecule has 1 saturated heterocycles. The maximum Gasteiger partial charge on any atom is 0.204 e. The van der Waals surface area contributed by atoms with Gasteiger partial charge >= 0.3 is 0 Å². The Balaban J connectivity index is 1.81. The van der Waals surface area contributed by atoms with Crippen LogP contribution >= 0.6 is 0 Å². The summed E-state index contributed by atoms with van der Waals surface area (Å²) in [7, 11) is 2.17. The fourth-order valence-electron chi connectivity index (χ4n) is 2.37. The molecule has 7 nitrogen and oxygen atoms in total. The third-order valence-corrected chi connectivity index (χ3v) is 3.68. The third kappa shape index (κ3) is 5.03. The zero-order valence-corrected chi connectivity index (χ0v) is 13.4. The monoisotopic (exact) mass is 297 g/mol. The molecule has 0 aliphatic carbocycles. The van der Waals surface area contributed by atoms with Gasteiger partial charge in [0.2, 0.25) is 6.29 Å². The summed E-state index contributed by atoms with van der Waals surface area (Å²) in [6, 6.07) is 0. The normalized spacial score (nSPS) is 17.7. The van der Waals surface area contributed by atoms with Crippen molar-refractivity contribution in [1.82, 2.24) is 24.8 Å². The molecular formula is C14H27N5O2. The smallest absolute Gasteiger partial charge is 0.204 e. The summed E-state index contributed by atoms with van der Waals surface area (Å²) < 4.78 is 12.9. The van der Waals surface area contributed by atoms with Crippen molar-refractivity contribution in [2.24, 2.45) is 0 Å². The highest BCUT2D eigenvalue weighted by Gasteiger charge is 2.17. The first-order chi connectivity index (χ1) is 10.2. The molecule has 1 aliphatic heterocycles. The largest absolute Gasteiger partial charge is 0.347 e. The number of nitrogens with zero attached hydrogens (tertiary/aromatic N) is 5. The molecule has 21 heavy (non-hydrogen) atoms. The van der Waals surface area contributed by atoms with Crippen molar-refractivity contribution in [1.29, 1.82) is 0 Å². The number of ether oxygens (including phenoxy) is 2. The van der Waals surface area contributed by atoms with Gasteiger partial charge in [0.15, 0.2) is 0 Å². The number of piperazine rings is 1. The number of hydrogen-bond acceptors (Lipinski definition) is 6. The zero-order chi connectivity index (χ0) is 15.1. The number of likely N-dealkylation sites (N-methyl/N-ethyl adjacent to an activating group) is 1. The van der Waals surface area contributed by atoms with Crippen LogP contribution in [0.2, 0.25) is 0 Å². The van der Waals surface area contributed by atoms with E-state index in [1.165, 1.54) is 0 Å². The first kappa shape index (κ1) is 16.4. The number of hydrogen-bond donors (Lipinski definition) is 0. The Bertz CT molecular complexity index is 398. The van der Waals surface area contributed by atoms with Crippen LogP contribution < -0.4 is 0 Å². The van der Waals surface area contributed by atoms with E-state index in [9.17, 15) is 0 Å². The lowest BCUT2D eigenvalue weighted by atomic mass is 10.3. The van der Waals surface area contributed by atoms with Crippen LogP contribution in [0, 0.1) is 0 Å². The molecule has 2 rings (SSSR count). The van der Waals surface area contributed by atoms with Crippen molar-refractivity contribution < 1.29 is 9.47 Å². The summed E-state index contributed by atoms with van der Waals surface area (Å²) in [6.45, 7) is 11.5. The molecule has 0 bridgehead atoms. The Morgan fingerprint density at radius 2 is 1.76 bits per heavy atom. The van der Waals surface area contributed by atoms with E-state index in [-0.39, 0.29) is 0 Å². The molecule has 0 spiro atoms. The number of rotatable bonds is 8. The topological polar surface area (TPSA) is 55.7 Å². The summed E-state index contributed by atoms with van der Waals surface area (Å²) in [6.07, 6.45) is 1.52. The molecule has 0 radical (unpaired) electrons. The minimum atomic E-state index is -0.405. The molecule has 0 unspecified atom stereocenters. The molecule has 1 fully saturated rings.